The lowest BCUT2D eigenvalue weighted by molar-refractivity contribution is 0.412. The Morgan fingerprint density at radius 3 is 2.68 bits per heavy atom. The first-order chi connectivity index (χ1) is 9.30. The Bertz CT molecular complexity index is 416. The molecule has 0 bridgehead atoms. The Hall–Kier alpha value is -1.17. The summed E-state index contributed by atoms with van der Waals surface area (Å²) in [6.45, 7) is 0. The van der Waals surface area contributed by atoms with Gasteiger partial charge in [0.25, 0.3) is 0 Å². The summed E-state index contributed by atoms with van der Waals surface area (Å²) >= 11 is 1.93. The van der Waals surface area contributed by atoms with Crippen molar-refractivity contribution in [3.8, 4) is 5.75 Å². The van der Waals surface area contributed by atoms with Gasteiger partial charge in [0.2, 0.25) is 5.75 Å². The number of ether oxygens (including phenoxy) is 1. The van der Waals surface area contributed by atoms with E-state index in [1.165, 1.54) is 25.7 Å². The Kier molecular flexibility index (Phi) is 5.13. The average Bonchev–Trinajstić information content (AvgIpc) is 2.47. The Morgan fingerprint density at radius 2 is 2.00 bits per heavy atom. The second-order valence-electron chi connectivity index (χ2n) is 4.66. The van der Waals surface area contributed by atoms with Crippen molar-refractivity contribution in [2.45, 2.75) is 37.0 Å². The van der Waals surface area contributed by atoms with Crippen molar-refractivity contribution in [2.75, 3.05) is 31.0 Å². The van der Waals surface area contributed by atoms with Crippen LogP contribution in [-0.4, -0.2) is 41.7 Å². The van der Waals surface area contributed by atoms with Gasteiger partial charge in [-0.05, 0) is 19.1 Å². The van der Waals surface area contributed by atoms with Crippen LogP contribution in [0.3, 0.4) is 0 Å². The third-order valence-corrected chi connectivity index (χ3v) is 4.74. The van der Waals surface area contributed by atoms with E-state index in [1.807, 2.05) is 18.8 Å². The molecule has 2 N–H and O–H groups in total. The topological polar surface area (TPSA) is 59.1 Å². The van der Waals surface area contributed by atoms with Gasteiger partial charge in [-0.3, -0.25) is 0 Å². The quantitative estimate of drug-likeness (QED) is 0.866. The van der Waals surface area contributed by atoms with Crippen molar-refractivity contribution in [3.05, 3.63) is 6.33 Å². The van der Waals surface area contributed by atoms with Crippen LogP contribution in [0.5, 0.6) is 5.75 Å². The van der Waals surface area contributed by atoms with Gasteiger partial charge in [0.1, 0.15) is 6.33 Å². The van der Waals surface area contributed by atoms with E-state index in [9.17, 15) is 0 Å². The Morgan fingerprint density at radius 1 is 1.26 bits per heavy atom. The maximum absolute atomic E-state index is 5.42. The summed E-state index contributed by atoms with van der Waals surface area (Å²) in [5.41, 5.74) is 0. The number of nitrogens with zero attached hydrogens (tertiary/aromatic N) is 2. The van der Waals surface area contributed by atoms with E-state index < -0.39 is 0 Å². The SMILES string of the molecule is CNc1ncnc(NC2CCCCC2SC)c1OC. The van der Waals surface area contributed by atoms with Crippen LogP contribution in [0.25, 0.3) is 0 Å². The smallest absolute Gasteiger partial charge is 0.204 e. The monoisotopic (exact) mass is 282 g/mol. The predicted octanol–water partition coefficient (Wildman–Crippen LogP) is 2.61. The van der Waals surface area contributed by atoms with Crippen LogP contribution in [0.4, 0.5) is 11.6 Å². The number of methoxy groups -OCH3 is 1. The van der Waals surface area contributed by atoms with Crippen molar-refractivity contribution in [1.29, 1.82) is 0 Å². The van der Waals surface area contributed by atoms with Crippen LogP contribution >= 0.6 is 11.8 Å². The van der Waals surface area contributed by atoms with Gasteiger partial charge in [-0.2, -0.15) is 11.8 Å². The molecule has 0 amide bonds. The van der Waals surface area contributed by atoms with Crippen molar-refractivity contribution in [3.63, 3.8) is 0 Å². The summed E-state index contributed by atoms with van der Waals surface area (Å²) in [7, 11) is 3.48. The Labute approximate surface area is 118 Å². The van der Waals surface area contributed by atoms with Gasteiger partial charge in [0, 0.05) is 18.3 Å². The molecule has 0 aliphatic heterocycles. The number of hydrogen-bond acceptors (Lipinski definition) is 6. The summed E-state index contributed by atoms with van der Waals surface area (Å²) in [5.74, 6) is 2.19. The molecule has 1 aromatic heterocycles. The van der Waals surface area contributed by atoms with Gasteiger partial charge in [-0.1, -0.05) is 12.8 Å². The maximum Gasteiger partial charge on any atom is 0.204 e. The number of rotatable bonds is 5. The van der Waals surface area contributed by atoms with Gasteiger partial charge in [0.15, 0.2) is 11.6 Å². The molecular formula is C13H22N4OS. The highest BCUT2D eigenvalue weighted by Gasteiger charge is 2.26. The van der Waals surface area contributed by atoms with Crippen molar-refractivity contribution >= 4 is 23.4 Å². The molecule has 106 valence electrons. The van der Waals surface area contributed by atoms with E-state index in [1.54, 1.807) is 13.4 Å². The Balaban J connectivity index is 2.17. The molecule has 1 fully saturated rings. The molecule has 1 saturated carbocycles. The third kappa shape index (κ3) is 3.23. The van der Waals surface area contributed by atoms with Crippen LogP contribution in [0.2, 0.25) is 0 Å². The van der Waals surface area contributed by atoms with Gasteiger partial charge in [0.05, 0.1) is 7.11 Å². The van der Waals surface area contributed by atoms with Gasteiger partial charge < -0.3 is 15.4 Å². The highest BCUT2D eigenvalue weighted by atomic mass is 32.2. The fourth-order valence-corrected chi connectivity index (χ4v) is 3.50. The fraction of sp³-hybridized carbons (Fsp3) is 0.692. The van der Waals surface area contributed by atoms with Gasteiger partial charge >= 0.3 is 0 Å². The summed E-state index contributed by atoms with van der Waals surface area (Å²) in [6.07, 6.45) is 8.81. The van der Waals surface area contributed by atoms with E-state index >= 15 is 0 Å². The number of nitrogens with one attached hydrogen (secondary N) is 2. The van der Waals surface area contributed by atoms with E-state index in [-0.39, 0.29) is 0 Å². The highest BCUT2D eigenvalue weighted by molar-refractivity contribution is 7.99. The summed E-state index contributed by atoms with van der Waals surface area (Å²) < 4.78 is 5.42. The van der Waals surface area contributed by atoms with E-state index in [0.717, 1.165) is 11.6 Å². The van der Waals surface area contributed by atoms with E-state index in [0.29, 0.717) is 17.0 Å². The highest BCUT2D eigenvalue weighted by Crippen LogP contribution is 2.33. The fourth-order valence-electron chi connectivity index (χ4n) is 2.57. The van der Waals surface area contributed by atoms with Crippen LogP contribution in [0.1, 0.15) is 25.7 Å². The number of anilines is 2. The van der Waals surface area contributed by atoms with Crippen LogP contribution in [0, 0.1) is 0 Å². The molecule has 0 radical (unpaired) electrons. The second-order valence-corrected chi connectivity index (χ2v) is 5.74. The minimum Gasteiger partial charge on any atom is -0.490 e. The van der Waals surface area contributed by atoms with Crippen molar-refractivity contribution < 1.29 is 4.74 Å². The molecule has 0 saturated heterocycles. The lowest BCUT2D eigenvalue weighted by atomic mass is 9.95. The summed E-state index contributed by atoms with van der Waals surface area (Å²) in [5, 5.41) is 7.21. The van der Waals surface area contributed by atoms with Gasteiger partial charge in [-0.25, -0.2) is 9.97 Å². The average molecular weight is 282 g/mol. The molecule has 5 nitrogen and oxygen atoms in total. The lowest BCUT2D eigenvalue weighted by Crippen LogP contribution is -2.34. The normalized spacial score (nSPS) is 22.9. The molecular weight excluding hydrogens is 260 g/mol. The predicted molar refractivity (Wildman–Crippen MR) is 81.3 cm³/mol. The minimum absolute atomic E-state index is 0.456. The first-order valence-electron chi connectivity index (χ1n) is 6.66. The van der Waals surface area contributed by atoms with E-state index in [4.69, 9.17) is 4.74 Å². The molecule has 1 aliphatic carbocycles. The maximum atomic E-state index is 5.42. The van der Waals surface area contributed by atoms with E-state index in [2.05, 4.69) is 26.9 Å². The number of aromatic nitrogens is 2. The third-order valence-electron chi connectivity index (χ3n) is 3.57. The number of hydrogen-bond donors (Lipinski definition) is 2. The largest absolute Gasteiger partial charge is 0.490 e. The van der Waals surface area contributed by atoms with Gasteiger partial charge in [-0.15, -0.1) is 0 Å². The second kappa shape index (κ2) is 6.84. The van der Waals surface area contributed by atoms with Crippen LogP contribution in [0.15, 0.2) is 6.33 Å². The lowest BCUT2D eigenvalue weighted by Gasteiger charge is -2.31. The van der Waals surface area contributed by atoms with Crippen molar-refractivity contribution in [1.82, 2.24) is 9.97 Å². The standard InChI is InChI=1S/C13H22N4OS/c1-14-12-11(18-2)13(16-8-15-12)17-9-6-4-5-7-10(9)19-3/h8-10H,4-7H2,1-3H3,(H2,14,15,16,17). The molecule has 1 aromatic rings. The summed E-state index contributed by atoms with van der Waals surface area (Å²) in [6, 6.07) is 0.456. The molecule has 2 atom stereocenters. The molecule has 1 aliphatic rings. The molecule has 1 heterocycles. The van der Waals surface area contributed by atoms with Crippen LogP contribution < -0.4 is 15.4 Å². The van der Waals surface area contributed by atoms with Crippen molar-refractivity contribution in [2.24, 2.45) is 0 Å². The molecule has 0 spiro atoms. The zero-order valence-electron chi connectivity index (χ0n) is 11.8. The molecule has 2 rings (SSSR count). The summed E-state index contributed by atoms with van der Waals surface area (Å²) in [4.78, 5) is 8.49. The molecule has 6 heteroatoms. The van der Waals surface area contributed by atoms with Crippen LogP contribution in [-0.2, 0) is 0 Å². The molecule has 2 unspecified atom stereocenters. The molecule has 0 aromatic carbocycles. The zero-order chi connectivity index (χ0) is 13.7. The molecule has 19 heavy (non-hydrogen) atoms. The first kappa shape index (κ1) is 14.2. The number of thioether (sulfide) groups is 1. The zero-order valence-corrected chi connectivity index (χ0v) is 12.6. The minimum atomic E-state index is 0.456. The first-order valence-corrected chi connectivity index (χ1v) is 7.95.